The number of carbonyl (C=O) groups is 3. The molecule has 0 bridgehead atoms. The molecular formula is C23H30FN3O4. The van der Waals surface area contributed by atoms with Gasteiger partial charge in [0.05, 0.1) is 5.60 Å². The second kappa shape index (κ2) is 6.97. The minimum atomic E-state index is -1.44. The quantitative estimate of drug-likeness (QED) is 0.653. The van der Waals surface area contributed by atoms with Crippen molar-refractivity contribution in [2.24, 2.45) is 11.3 Å². The fraction of sp³-hybridized carbons (Fsp3) is 0.696. The van der Waals surface area contributed by atoms with Crippen LogP contribution in [0.4, 0.5) is 4.39 Å². The summed E-state index contributed by atoms with van der Waals surface area (Å²) in [6.45, 7) is 6.57. The average Bonchev–Trinajstić information content (AvgIpc) is 3.20. The number of hydrogen-bond donors (Lipinski definition) is 2. The van der Waals surface area contributed by atoms with Gasteiger partial charge in [0, 0.05) is 43.0 Å². The van der Waals surface area contributed by atoms with Gasteiger partial charge < -0.3 is 14.9 Å². The molecule has 5 aliphatic rings. The highest BCUT2D eigenvalue weighted by Crippen LogP contribution is 2.62. The molecule has 0 aromatic carbocycles. The van der Waals surface area contributed by atoms with Crippen LogP contribution in [-0.4, -0.2) is 76.6 Å². The van der Waals surface area contributed by atoms with E-state index in [0.717, 1.165) is 31.6 Å². The SMILES string of the molecule is CCN1CCC2(O)C3C(=CC4=C(CN(C5CCC(=O)NC5=O)C4=O)C3F)CC2(CC)C1. The highest BCUT2D eigenvalue weighted by molar-refractivity contribution is 6.06. The van der Waals surface area contributed by atoms with Gasteiger partial charge in [0.25, 0.3) is 5.91 Å². The van der Waals surface area contributed by atoms with Gasteiger partial charge >= 0.3 is 0 Å². The molecule has 8 heteroatoms. The van der Waals surface area contributed by atoms with Crippen LogP contribution in [0.25, 0.3) is 0 Å². The van der Waals surface area contributed by atoms with E-state index in [-0.39, 0.29) is 31.2 Å². The Morgan fingerprint density at radius 2 is 2.06 bits per heavy atom. The van der Waals surface area contributed by atoms with Gasteiger partial charge in [-0.2, -0.15) is 0 Å². The van der Waals surface area contributed by atoms with Crippen LogP contribution >= 0.6 is 0 Å². The predicted octanol–water partition coefficient (Wildman–Crippen LogP) is 1.08. The molecule has 3 fully saturated rings. The van der Waals surface area contributed by atoms with E-state index in [1.165, 1.54) is 4.90 Å². The number of alkyl halides is 1. The lowest BCUT2D eigenvalue weighted by Gasteiger charge is -2.52. The van der Waals surface area contributed by atoms with Crippen molar-refractivity contribution >= 4 is 17.7 Å². The largest absolute Gasteiger partial charge is 0.388 e. The number of hydrogen-bond acceptors (Lipinski definition) is 5. The first-order valence-electron chi connectivity index (χ1n) is 11.4. The number of nitrogens with zero attached hydrogens (tertiary/aromatic N) is 2. The van der Waals surface area contributed by atoms with Gasteiger partial charge in [-0.25, -0.2) is 4.39 Å². The van der Waals surface area contributed by atoms with E-state index in [2.05, 4.69) is 24.1 Å². The molecule has 2 aliphatic carbocycles. The average molecular weight is 432 g/mol. The lowest BCUT2D eigenvalue weighted by Crippen LogP contribution is -2.60. The number of carbonyl (C=O) groups excluding carboxylic acids is 3. The molecule has 5 unspecified atom stereocenters. The summed E-state index contributed by atoms with van der Waals surface area (Å²) < 4.78 is 16.1. The first-order chi connectivity index (χ1) is 14.7. The van der Waals surface area contributed by atoms with Gasteiger partial charge in [-0.1, -0.05) is 19.4 Å². The van der Waals surface area contributed by atoms with E-state index in [9.17, 15) is 19.5 Å². The number of fused-ring (bicyclic) bond motifs is 3. The fourth-order valence-electron chi connectivity index (χ4n) is 6.76. The molecule has 0 aromatic heterocycles. The third kappa shape index (κ3) is 2.73. The predicted molar refractivity (Wildman–Crippen MR) is 110 cm³/mol. The van der Waals surface area contributed by atoms with E-state index < -0.39 is 35.1 Å². The molecule has 3 amide bonds. The van der Waals surface area contributed by atoms with Gasteiger partial charge in [0.1, 0.15) is 12.2 Å². The second-order valence-corrected chi connectivity index (χ2v) is 9.79. The number of imide groups is 1. The van der Waals surface area contributed by atoms with E-state index >= 15 is 4.39 Å². The van der Waals surface area contributed by atoms with Crippen LogP contribution in [-0.2, 0) is 14.4 Å². The van der Waals surface area contributed by atoms with Crippen molar-refractivity contribution in [1.82, 2.24) is 15.1 Å². The van der Waals surface area contributed by atoms with Crippen LogP contribution in [0, 0.1) is 11.3 Å². The Hall–Kier alpha value is -2.06. The maximum atomic E-state index is 16.1. The molecular weight excluding hydrogens is 401 g/mol. The molecule has 5 rings (SSSR count). The van der Waals surface area contributed by atoms with E-state index in [1.54, 1.807) is 6.08 Å². The Kier molecular flexibility index (Phi) is 4.68. The summed E-state index contributed by atoms with van der Waals surface area (Å²) in [5, 5.41) is 14.2. The maximum Gasteiger partial charge on any atom is 0.254 e. The topological polar surface area (TPSA) is 89.9 Å². The van der Waals surface area contributed by atoms with Gasteiger partial charge in [0.2, 0.25) is 11.8 Å². The molecule has 0 spiro atoms. The number of aliphatic hydroxyl groups is 1. The standard InChI is InChI=1S/C23H30FN3O4/c1-3-22-10-13-9-14-15(11-27(21(14)30)16-5-6-17(28)25-20(16)29)19(24)18(13)23(22,31)7-8-26(4-2)12-22/h9,16,18-19,31H,3-8,10-12H2,1-2H3,(H,25,28,29). The van der Waals surface area contributed by atoms with Gasteiger partial charge in [0.15, 0.2) is 0 Å². The van der Waals surface area contributed by atoms with E-state index in [4.69, 9.17) is 0 Å². The normalized spacial score (nSPS) is 40.5. The van der Waals surface area contributed by atoms with Crippen molar-refractivity contribution in [2.45, 2.75) is 63.8 Å². The summed E-state index contributed by atoms with van der Waals surface area (Å²) >= 11 is 0. The summed E-state index contributed by atoms with van der Waals surface area (Å²) in [6.07, 6.45) is 2.64. The first-order valence-corrected chi connectivity index (χ1v) is 11.4. The zero-order chi connectivity index (χ0) is 22.1. The summed E-state index contributed by atoms with van der Waals surface area (Å²) in [4.78, 5) is 40.7. The molecule has 2 N–H and O–H groups in total. The zero-order valence-corrected chi connectivity index (χ0v) is 18.1. The highest BCUT2D eigenvalue weighted by atomic mass is 19.1. The lowest BCUT2D eigenvalue weighted by molar-refractivity contribution is -0.147. The van der Waals surface area contributed by atoms with Crippen LogP contribution in [0.1, 0.15) is 46.0 Å². The third-order valence-electron chi connectivity index (χ3n) is 8.55. The minimum Gasteiger partial charge on any atom is -0.388 e. The van der Waals surface area contributed by atoms with Gasteiger partial charge in [-0.15, -0.1) is 0 Å². The third-order valence-corrected chi connectivity index (χ3v) is 8.55. The second-order valence-electron chi connectivity index (χ2n) is 9.79. The Labute approximate surface area is 181 Å². The van der Waals surface area contributed by atoms with Crippen LogP contribution in [0.3, 0.4) is 0 Å². The maximum absolute atomic E-state index is 16.1. The van der Waals surface area contributed by atoms with Crippen molar-refractivity contribution in [3.8, 4) is 0 Å². The molecule has 1 saturated carbocycles. The van der Waals surface area contributed by atoms with Crippen molar-refractivity contribution in [3.05, 3.63) is 22.8 Å². The van der Waals surface area contributed by atoms with Crippen molar-refractivity contribution in [3.63, 3.8) is 0 Å². The van der Waals surface area contributed by atoms with Crippen LogP contribution < -0.4 is 5.32 Å². The summed E-state index contributed by atoms with van der Waals surface area (Å²) in [5.74, 6) is -1.83. The highest BCUT2D eigenvalue weighted by Gasteiger charge is 2.66. The zero-order valence-electron chi connectivity index (χ0n) is 18.1. The first kappa shape index (κ1) is 20.8. The molecule has 5 atom stereocenters. The molecule has 3 aliphatic heterocycles. The van der Waals surface area contributed by atoms with Crippen LogP contribution in [0.2, 0.25) is 0 Å². The minimum absolute atomic E-state index is 0.0399. The number of rotatable bonds is 3. The van der Waals surface area contributed by atoms with E-state index in [0.29, 0.717) is 24.0 Å². The summed E-state index contributed by atoms with van der Waals surface area (Å²) in [6, 6.07) is -0.758. The van der Waals surface area contributed by atoms with Crippen molar-refractivity contribution in [2.75, 3.05) is 26.2 Å². The number of piperidine rings is 2. The molecule has 168 valence electrons. The number of halogens is 1. The van der Waals surface area contributed by atoms with Crippen molar-refractivity contribution < 1.29 is 23.9 Å². The lowest BCUT2D eigenvalue weighted by atomic mass is 9.64. The van der Waals surface area contributed by atoms with Crippen molar-refractivity contribution in [1.29, 1.82) is 0 Å². The molecule has 31 heavy (non-hydrogen) atoms. The Morgan fingerprint density at radius 1 is 1.29 bits per heavy atom. The Morgan fingerprint density at radius 3 is 2.74 bits per heavy atom. The Balaban J connectivity index is 1.46. The number of amides is 3. The summed E-state index contributed by atoms with van der Waals surface area (Å²) in [5.41, 5.74) is -0.00529. The smallest absolute Gasteiger partial charge is 0.254 e. The number of nitrogens with one attached hydrogen (secondary N) is 1. The van der Waals surface area contributed by atoms with Gasteiger partial charge in [-0.05, 0) is 43.9 Å². The molecule has 0 radical (unpaired) electrons. The number of likely N-dealkylation sites (tertiary alicyclic amines) is 1. The molecule has 0 aromatic rings. The molecule has 7 nitrogen and oxygen atoms in total. The summed E-state index contributed by atoms with van der Waals surface area (Å²) in [7, 11) is 0. The fourth-order valence-corrected chi connectivity index (χ4v) is 6.76. The monoisotopic (exact) mass is 431 g/mol. The van der Waals surface area contributed by atoms with Crippen LogP contribution in [0.15, 0.2) is 22.8 Å². The molecule has 3 heterocycles. The molecule has 2 saturated heterocycles. The van der Waals surface area contributed by atoms with Crippen LogP contribution in [0.5, 0.6) is 0 Å². The van der Waals surface area contributed by atoms with E-state index in [1.807, 2.05) is 0 Å². The Bertz CT molecular complexity index is 930. The van der Waals surface area contributed by atoms with Gasteiger partial charge in [-0.3, -0.25) is 19.7 Å².